The minimum Gasteiger partial charge on any atom is -0.465 e. The molecule has 1 heterocycles. The zero-order chi connectivity index (χ0) is 26.1. The molecule has 196 valence electrons. The number of carbonyl (C=O) groups is 3. The van der Waals surface area contributed by atoms with Gasteiger partial charge in [-0.3, -0.25) is 9.59 Å². The van der Waals surface area contributed by atoms with Crippen LogP contribution in [-0.4, -0.2) is 44.5 Å². The first-order valence-electron chi connectivity index (χ1n) is 13.3. The molecule has 1 aromatic heterocycles. The van der Waals surface area contributed by atoms with Gasteiger partial charge in [0.25, 0.3) is 0 Å². The monoisotopic (exact) mass is 505 g/mol. The fraction of sp³-hybridized carbons (Fsp3) is 0.500. The van der Waals surface area contributed by atoms with Crippen molar-refractivity contribution in [2.45, 2.75) is 70.4 Å². The van der Waals surface area contributed by atoms with E-state index < -0.39 is 5.97 Å². The molecule has 37 heavy (non-hydrogen) atoms. The Kier molecular flexibility index (Phi) is 7.33. The molecule has 5 rings (SSSR count). The van der Waals surface area contributed by atoms with Crippen molar-refractivity contribution in [1.29, 1.82) is 0 Å². The van der Waals surface area contributed by atoms with Gasteiger partial charge in [0.05, 0.1) is 24.5 Å². The summed E-state index contributed by atoms with van der Waals surface area (Å²) in [6.45, 7) is 2.24. The van der Waals surface area contributed by atoms with Crippen LogP contribution in [-0.2, 0) is 14.3 Å². The van der Waals surface area contributed by atoms with Gasteiger partial charge in [-0.25, -0.2) is 4.79 Å². The van der Waals surface area contributed by atoms with E-state index in [0.29, 0.717) is 33.9 Å². The van der Waals surface area contributed by atoms with Gasteiger partial charge >= 0.3 is 5.97 Å². The maximum atomic E-state index is 14.2. The number of esters is 1. The number of rotatable bonds is 6. The number of hydrogen-bond acceptors (Lipinski definition) is 6. The molecule has 2 fully saturated rings. The summed E-state index contributed by atoms with van der Waals surface area (Å²) in [6.07, 6.45) is 8.09. The molecule has 2 aliphatic rings. The lowest BCUT2D eigenvalue weighted by molar-refractivity contribution is -0.124. The first-order valence-corrected chi connectivity index (χ1v) is 13.3. The zero-order valence-electron chi connectivity index (χ0n) is 21.8. The Morgan fingerprint density at radius 1 is 0.919 bits per heavy atom. The van der Waals surface area contributed by atoms with E-state index in [1.165, 1.54) is 7.11 Å². The van der Waals surface area contributed by atoms with Crippen LogP contribution < -0.4 is 4.90 Å². The van der Waals surface area contributed by atoms with Crippen LogP contribution in [0.1, 0.15) is 79.0 Å². The summed E-state index contributed by atoms with van der Waals surface area (Å²) in [4.78, 5) is 40.6. The van der Waals surface area contributed by atoms with Gasteiger partial charge in [-0.2, -0.15) is 0 Å². The number of fused-ring (bicyclic) bond motifs is 3. The summed E-state index contributed by atoms with van der Waals surface area (Å²) in [5, 5.41) is 1.54. The Morgan fingerprint density at radius 2 is 1.62 bits per heavy atom. The average Bonchev–Trinajstić information content (AvgIpc) is 3.29. The van der Waals surface area contributed by atoms with Crippen molar-refractivity contribution in [3.63, 3.8) is 0 Å². The normalized spacial score (nSPS) is 24.2. The van der Waals surface area contributed by atoms with Crippen LogP contribution in [0.15, 0.2) is 34.7 Å². The lowest BCUT2D eigenvalue weighted by atomic mass is 9.81. The number of anilines is 1. The van der Waals surface area contributed by atoms with Gasteiger partial charge in [0.1, 0.15) is 17.5 Å². The number of amides is 1. The largest absolute Gasteiger partial charge is 0.465 e. The molecule has 0 radical (unpaired) electrons. The Hall–Kier alpha value is -3.19. The van der Waals surface area contributed by atoms with Gasteiger partial charge in [0.15, 0.2) is 0 Å². The van der Waals surface area contributed by atoms with Crippen LogP contribution in [0.3, 0.4) is 0 Å². The summed E-state index contributed by atoms with van der Waals surface area (Å²) in [5.41, 5.74) is 2.55. The first-order chi connectivity index (χ1) is 17.9. The molecule has 1 amide bonds. The smallest absolute Gasteiger partial charge is 0.340 e. The van der Waals surface area contributed by atoms with Crippen molar-refractivity contribution in [3.05, 3.63) is 41.5 Å². The topological polar surface area (TPSA) is 86.0 Å². The summed E-state index contributed by atoms with van der Waals surface area (Å²) in [5.74, 6) is 0.131. The van der Waals surface area contributed by atoms with Crippen LogP contribution >= 0.6 is 0 Å². The fourth-order valence-electron chi connectivity index (χ4n) is 6.11. The molecule has 0 bridgehead atoms. The number of carbonyl (C=O) groups excluding carboxylic acids is 3. The van der Waals surface area contributed by atoms with E-state index in [4.69, 9.17) is 13.9 Å². The first kappa shape index (κ1) is 25.5. The quantitative estimate of drug-likeness (QED) is 0.289. The minimum atomic E-state index is -0.508. The van der Waals surface area contributed by atoms with E-state index in [-0.39, 0.29) is 24.0 Å². The van der Waals surface area contributed by atoms with Crippen molar-refractivity contribution in [2.75, 3.05) is 19.1 Å². The van der Waals surface area contributed by atoms with E-state index in [1.54, 1.807) is 31.4 Å². The number of nitrogens with zero attached hydrogens (tertiary/aromatic N) is 1. The zero-order valence-corrected chi connectivity index (χ0v) is 21.8. The third-order valence-corrected chi connectivity index (χ3v) is 8.36. The minimum absolute atomic E-state index is 0.0391. The number of hydrogen-bond donors (Lipinski definition) is 0. The SMILES string of the molecule is COC(=O)c1cc2oc3ccc(C=O)cc3c2cc1N(C(=O)[C@H]1CC[C@H](C)CC1)C1CCC(OC)CC1. The van der Waals surface area contributed by atoms with Crippen molar-refractivity contribution in [3.8, 4) is 0 Å². The highest BCUT2D eigenvalue weighted by molar-refractivity contribution is 6.13. The van der Waals surface area contributed by atoms with E-state index >= 15 is 0 Å². The van der Waals surface area contributed by atoms with Crippen LogP contribution in [0.4, 0.5) is 5.69 Å². The molecule has 3 aromatic rings. The number of furan rings is 1. The maximum absolute atomic E-state index is 14.2. The molecular weight excluding hydrogens is 470 g/mol. The Balaban J connectivity index is 1.66. The highest BCUT2D eigenvalue weighted by Gasteiger charge is 2.37. The van der Waals surface area contributed by atoms with Gasteiger partial charge in [-0.05, 0) is 87.6 Å². The second-order valence-electron chi connectivity index (χ2n) is 10.7. The van der Waals surface area contributed by atoms with E-state index in [2.05, 4.69) is 6.92 Å². The van der Waals surface area contributed by atoms with Crippen molar-refractivity contribution < 1.29 is 28.3 Å². The summed E-state index contributed by atoms with van der Waals surface area (Å²) >= 11 is 0. The average molecular weight is 506 g/mol. The molecule has 7 nitrogen and oxygen atoms in total. The second-order valence-corrected chi connectivity index (χ2v) is 10.7. The number of methoxy groups -OCH3 is 2. The molecule has 2 saturated carbocycles. The molecule has 7 heteroatoms. The van der Waals surface area contributed by atoms with Gasteiger partial charge in [-0.15, -0.1) is 0 Å². The summed E-state index contributed by atoms with van der Waals surface area (Å²) in [7, 11) is 3.09. The molecule has 0 aliphatic heterocycles. The van der Waals surface area contributed by atoms with Gasteiger partial charge in [0.2, 0.25) is 5.91 Å². The van der Waals surface area contributed by atoms with Crippen LogP contribution in [0, 0.1) is 11.8 Å². The van der Waals surface area contributed by atoms with E-state index in [9.17, 15) is 14.4 Å². The standard InChI is InChI=1S/C30H35NO6/c1-18-4-7-20(8-5-18)29(33)31(21-9-11-22(35-2)12-10-21)26-15-24-23-14-19(17-32)6-13-27(23)37-28(24)16-25(26)30(34)36-3/h6,13-18,20-22H,4-5,7-12H2,1-3H3/t18-,20-,21?,22?. The van der Waals surface area contributed by atoms with Crippen molar-refractivity contribution in [1.82, 2.24) is 0 Å². The van der Waals surface area contributed by atoms with Gasteiger partial charge in [-0.1, -0.05) is 6.92 Å². The molecule has 0 saturated heterocycles. The number of aldehydes is 1. The number of ether oxygens (including phenoxy) is 2. The van der Waals surface area contributed by atoms with E-state index in [1.807, 2.05) is 11.0 Å². The fourth-order valence-corrected chi connectivity index (χ4v) is 6.11. The second kappa shape index (κ2) is 10.7. The van der Waals surface area contributed by atoms with Gasteiger partial charge < -0.3 is 18.8 Å². The molecule has 2 aliphatic carbocycles. The number of benzene rings is 2. The lowest BCUT2D eigenvalue weighted by Crippen LogP contribution is -2.47. The highest BCUT2D eigenvalue weighted by atomic mass is 16.5. The van der Waals surface area contributed by atoms with E-state index in [0.717, 1.165) is 68.4 Å². The van der Waals surface area contributed by atoms with Gasteiger partial charge in [0, 0.05) is 35.4 Å². The maximum Gasteiger partial charge on any atom is 0.340 e. The third-order valence-electron chi connectivity index (χ3n) is 8.36. The van der Waals surface area contributed by atoms with Crippen LogP contribution in [0.2, 0.25) is 0 Å². The van der Waals surface area contributed by atoms with Crippen molar-refractivity contribution in [2.24, 2.45) is 11.8 Å². The predicted octanol–water partition coefficient (Wildman–Crippen LogP) is 6.30. The Bertz CT molecular complexity index is 1310. The molecular formula is C30H35NO6. The highest BCUT2D eigenvalue weighted by Crippen LogP contribution is 2.40. The summed E-state index contributed by atoms with van der Waals surface area (Å²) in [6, 6.07) is 8.77. The molecule has 2 aromatic carbocycles. The predicted molar refractivity (Wildman–Crippen MR) is 142 cm³/mol. The molecule has 0 atom stereocenters. The van der Waals surface area contributed by atoms with Crippen LogP contribution in [0.5, 0.6) is 0 Å². The Labute approximate surface area is 217 Å². The third kappa shape index (κ3) is 4.89. The summed E-state index contributed by atoms with van der Waals surface area (Å²) < 4.78 is 16.8. The molecule has 0 unspecified atom stereocenters. The Morgan fingerprint density at radius 3 is 2.27 bits per heavy atom. The lowest BCUT2D eigenvalue weighted by Gasteiger charge is -2.40. The van der Waals surface area contributed by atoms with Crippen LogP contribution in [0.25, 0.3) is 21.9 Å². The molecule has 0 spiro atoms. The molecule has 0 N–H and O–H groups in total. The van der Waals surface area contributed by atoms with Crippen molar-refractivity contribution >= 4 is 45.8 Å².